The molecule has 0 atom stereocenters. The van der Waals surface area contributed by atoms with Gasteiger partial charge in [0.1, 0.15) is 11.3 Å². The van der Waals surface area contributed by atoms with Gasteiger partial charge in [0.15, 0.2) is 5.96 Å². The summed E-state index contributed by atoms with van der Waals surface area (Å²) >= 11 is 1.65. The number of rotatable bonds is 7. The van der Waals surface area contributed by atoms with Gasteiger partial charge in [-0.2, -0.15) is 0 Å². The van der Waals surface area contributed by atoms with Crippen molar-refractivity contribution in [2.24, 2.45) is 4.99 Å². The van der Waals surface area contributed by atoms with Gasteiger partial charge in [0, 0.05) is 31.9 Å². The van der Waals surface area contributed by atoms with Crippen molar-refractivity contribution < 1.29 is 14.3 Å². The van der Waals surface area contributed by atoms with Crippen LogP contribution in [-0.4, -0.2) is 44.7 Å². The van der Waals surface area contributed by atoms with E-state index >= 15 is 0 Å². The Kier molecular flexibility index (Phi) is 10.1. The van der Waals surface area contributed by atoms with Gasteiger partial charge in [0.25, 0.3) is 0 Å². The Hall–Kier alpha value is -1.88. The first kappa shape index (κ1) is 23.2. The van der Waals surface area contributed by atoms with E-state index < -0.39 is 5.97 Å². The lowest BCUT2D eigenvalue weighted by Gasteiger charge is -2.13. The molecule has 0 spiro atoms. The lowest BCUT2D eigenvalue weighted by molar-refractivity contribution is 0.0597. The zero-order valence-corrected chi connectivity index (χ0v) is 19.0. The molecule has 7 nitrogen and oxygen atoms in total. The summed E-state index contributed by atoms with van der Waals surface area (Å²) in [4.78, 5) is 20.5. The van der Waals surface area contributed by atoms with Crippen LogP contribution in [0.4, 0.5) is 0 Å². The molecule has 0 fully saturated rings. The van der Waals surface area contributed by atoms with Gasteiger partial charge in [-0.05, 0) is 24.6 Å². The highest BCUT2D eigenvalue weighted by atomic mass is 127. The van der Waals surface area contributed by atoms with Crippen LogP contribution in [0, 0.1) is 6.92 Å². The van der Waals surface area contributed by atoms with Crippen LogP contribution >= 0.6 is 35.3 Å². The van der Waals surface area contributed by atoms with Crippen LogP contribution in [0.25, 0.3) is 0 Å². The zero-order valence-electron chi connectivity index (χ0n) is 15.9. The van der Waals surface area contributed by atoms with Crippen LogP contribution in [0.5, 0.6) is 5.75 Å². The van der Waals surface area contributed by atoms with E-state index in [9.17, 15) is 4.79 Å². The number of aryl methyl sites for hydroxylation is 1. The number of aliphatic imine (C=N–C) groups is 1. The molecule has 2 rings (SSSR count). The number of hydrogen-bond donors (Lipinski definition) is 2. The molecule has 1 aromatic carbocycles. The molecule has 0 aliphatic carbocycles. The summed E-state index contributed by atoms with van der Waals surface area (Å²) in [6.07, 6.45) is 0.833. The number of carbonyl (C=O) groups is 1. The lowest BCUT2D eigenvalue weighted by Crippen LogP contribution is -2.37. The molecule has 0 saturated carbocycles. The van der Waals surface area contributed by atoms with Crippen molar-refractivity contribution in [2.75, 3.05) is 27.8 Å². The van der Waals surface area contributed by atoms with Crippen molar-refractivity contribution in [3.8, 4) is 5.75 Å². The maximum atomic E-state index is 11.9. The molecule has 27 heavy (non-hydrogen) atoms. The summed E-state index contributed by atoms with van der Waals surface area (Å²) in [5.41, 5.74) is 2.40. The summed E-state index contributed by atoms with van der Waals surface area (Å²) in [6.45, 7) is 3.25. The Bertz CT molecular complexity index is 780. The van der Waals surface area contributed by atoms with E-state index in [-0.39, 0.29) is 24.0 Å². The molecule has 1 aromatic heterocycles. The second kappa shape index (κ2) is 11.8. The number of carbonyl (C=O) groups excluding carboxylic acids is 1. The van der Waals surface area contributed by atoms with Crippen molar-refractivity contribution in [3.63, 3.8) is 0 Å². The first-order valence-electron chi connectivity index (χ1n) is 8.18. The standard InChI is InChI=1S/C18H24N4O3S.HI/c1-12-22-14(11-26-12)7-8-20-18(19-2)21-10-13-5-6-16(24-3)15(9-13)17(23)25-4;/h5-6,9,11H,7-8,10H2,1-4H3,(H2,19,20,21);1H. The second-order valence-corrected chi connectivity index (χ2v) is 6.55. The molecule has 0 aliphatic rings. The average Bonchev–Trinajstić information content (AvgIpc) is 3.08. The van der Waals surface area contributed by atoms with Crippen molar-refractivity contribution in [2.45, 2.75) is 19.9 Å². The Morgan fingerprint density at radius 3 is 2.67 bits per heavy atom. The molecule has 148 valence electrons. The minimum Gasteiger partial charge on any atom is -0.496 e. The highest BCUT2D eigenvalue weighted by Crippen LogP contribution is 2.20. The number of thiazole rings is 1. The van der Waals surface area contributed by atoms with E-state index in [1.165, 1.54) is 14.2 Å². The van der Waals surface area contributed by atoms with Crippen LogP contribution in [0.1, 0.15) is 26.6 Å². The maximum Gasteiger partial charge on any atom is 0.341 e. The van der Waals surface area contributed by atoms with E-state index in [4.69, 9.17) is 9.47 Å². The number of aromatic nitrogens is 1. The van der Waals surface area contributed by atoms with Crippen LogP contribution in [-0.2, 0) is 17.7 Å². The number of esters is 1. The number of methoxy groups -OCH3 is 2. The van der Waals surface area contributed by atoms with Crippen LogP contribution in [0.15, 0.2) is 28.6 Å². The fraction of sp³-hybridized carbons (Fsp3) is 0.389. The number of halogens is 1. The van der Waals surface area contributed by atoms with E-state index in [2.05, 4.69) is 26.0 Å². The molecule has 0 radical (unpaired) electrons. The van der Waals surface area contributed by atoms with E-state index in [0.717, 1.165) is 29.2 Å². The van der Waals surface area contributed by atoms with Crippen molar-refractivity contribution in [1.29, 1.82) is 0 Å². The molecule has 0 aliphatic heterocycles. The predicted molar refractivity (Wildman–Crippen MR) is 119 cm³/mol. The molecule has 0 saturated heterocycles. The van der Waals surface area contributed by atoms with E-state index in [1.807, 2.05) is 13.0 Å². The normalized spacial score (nSPS) is 10.7. The predicted octanol–water partition coefficient (Wildman–Crippen LogP) is 2.77. The summed E-state index contributed by atoms with van der Waals surface area (Å²) < 4.78 is 10.0. The zero-order chi connectivity index (χ0) is 18.9. The molecular weight excluding hydrogens is 479 g/mol. The third-order valence-corrected chi connectivity index (χ3v) is 4.52. The average molecular weight is 504 g/mol. The first-order valence-corrected chi connectivity index (χ1v) is 9.06. The van der Waals surface area contributed by atoms with Gasteiger partial charge in [0.2, 0.25) is 0 Å². The van der Waals surface area contributed by atoms with Gasteiger partial charge in [-0.25, -0.2) is 9.78 Å². The van der Waals surface area contributed by atoms with Crippen molar-refractivity contribution in [3.05, 3.63) is 45.4 Å². The molecule has 9 heteroatoms. The number of nitrogens with zero attached hydrogens (tertiary/aromatic N) is 2. The topological polar surface area (TPSA) is 84.8 Å². The van der Waals surface area contributed by atoms with Crippen LogP contribution in [0.2, 0.25) is 0 Å². The number of nitrogens with one attached hydrogen (secondary N) is 2. The van der Waals surface area contributed by atoms with Gasteiger partial charge in [0.05, 0.1) is 24.9 Å². The van der Waals surface area contributed by atoms with Gasteiger partial charge >= 0.3 is 5.97 Å². The number of ether oxygens (including phenoxy) is 2. The fourth-order valence-electron chi connectivity index (χ4n) is 2.37. The molecule has 2 aromatic rings. The van der Waals surface area contributed by atoms with Gasteiger partial charge in [-0.1, -0.05) is 6.07 Å². The summed E-state index contributed by atoms with van der Waals surface area (Å²) in [5, 5.41) is 9.62. The number of guanidine groups is 1. The smallest absolute Gasteiger partial charge is 0.341 e. The SMILES string of the molecule is CN=C(NCCc1csc(C)n1)NCc1ccc(OC)c(C(=O)OC)c1.I. The quantitative estimate of drug-likeness (QED) is 0.261. The molecule has 1 heterocycles. The summed E-state index contributed by atoms with van der Waals surface area (Å²) in [7, 11) is 4.59. The first-order chi connectivity index (χ1) is 12.6. The maximum absolute atomic E-state index is 11.9. The molecule has 0 bridgehead atoms. The second-order valence-electron chi connectivity index (χ2n) is 5.49. The largest absolute Gasteiger partial charge is 0.496 e. The molecule has 0 amide bonds. The van der Waals surface area contributed by atoms with Gasteiger partial charge < -0.3 is 20.1 Å². The van der Waals surface area contributed by atoms with Crippen molar-refractivity contribution >= 4 is 47.2 Å². The van der Waals surface area contributed by atoms with Gasteiger partial charge in [-0.15, -0.1) is 35.3 Å². The van der Waals surface area contributed by atoms with Crippen LogP contribution in [0.3, 0.4) is 0 Å². The van der Waals surface area contributed by atoms with Gasteiger partial charge in [-0.3, -0.25) is 4.99 Å². The summed E-state index contributed by atoms with van der Waals surface area (Å²) in [5.74, 6) is 0.749. The highest BCUT2D eigenvalue weighted by Gasteiger charge is 2.13. The Morgan fingerprint density at radius 2 is 2.07 bits per heavy atom. The Labute approximate surface area is 180 Å². The lowest BCUT2D eigenvalue weighted by atomic mass is 10.1. The minimum atomic E-state index is -0.426. The Morgan fingerprint density at radius 1 is 1.30 bits per heavy atom. The van der Waals surface area contributed by atoms with E-state index in [0.29, 0.717) is 23.8 Å². The third kappa shape index (κ3) is 6.98. The number of hydrogen-bond acceptors (Lipinski definition) is 6. The monoisotopic (exact) mass is 504 g/mol. The van der Waals surface area contributed by atoms with E-state index in [1.54, 1.807) is 30.5 Å². The summed E-state index contributed by atoms with van der Waals surface area (Å²) in [6, 6.07) is 5.40. The molecule has 2 N–H and O–H groups in total. The molecular formula is C18H25IN4O3S. The fourth-order valence-corrected chi connectivity index (χ4v) is 3.02. The minimum absolute atomic E-state index is 0. The highest BCUT2D eigenvalue weighted by molar-refractivity contribution is 14.0. The Balaban J connectivity index is 0.00000364. The van der Waals surface area contributed by atoms with Crippen molar-refractivity contribution in [1.82, 2.24) is 15.6 Å². The van der Waals surface area contributed by atoms with Crippen LogP contribution < -0.4 is 15.4 Å². The third-order valence-electron chi connectivity index (χ3n) is 3.69. The number of benzene rings is 1. The molecule has 0 unspecified atom stereocenters.